The quantitative estimate of drug-likeness (QED) is 0.734. The molecule has 0 aliphatic carbocycles. The van der Waals surface area contributed by atoms with Crippen LogP contribution in [0.5, 0.6) is 0 Å². The molecule has 112 valence electrons. The van der Waals surface area contributed by atoms with Crippen molar-refractivity contribution in [3.8, 4) is 11.3 Å². The zero-order valence-corrected chi connectivity index (χ0v) is 12.6. The second kappa shape index (κ2) is 5.36. The summed E-state index contributed by atoms with van der Waals surface area (Å²) in [5.41, 5.74) is 3.56. The first-order chi connectivity index (χ1) is 11.2. The summed E-state index contributed by atoms with van der Waals surface area (Å²) >= 11 is 0.905. The topological polar surface area (TPSA) is 76.4 Å². The predicted molar refractivity (Wildman–Crippen MR) is 87.5 cm³/mol. The zero-order valence-electron chi connectivity index (χ0n) is 11.8. The van der Waals surface area contributed by atoms with Crippen molar-refractivity contribution >= 4 is 34.6 Å². The number of imide groups is 1. The maximum Gasteiger partial charge on any atom is 0.290 e. The van der Waals surface area contributed by atoms with Gasteiger partial charge in [0, 0.05) is 24.2 Å². The Kier molecular flexibility index (Phi) is 3.20. The first-order valence-electron chi connectivity index (χ1n) is 6.83. The van der Waals surface area contributed by atoms with E-state index in [-0.39, 0.29) is 11.1 Å². The molecule has 4 heterocycles. The van der Waals surface area contributed by atoms with Crippen LogP contribution in [0.25, 0.3) is 23.0 Å². The fourth-order valence-electron chi connectivity index (χ4n) is 2.39. The van der Waals surface area contributed by atoms with Gasteiger partial charge in [-0.2, -0.15) is 0 Å². The Hall–Kier alpha value is -2.93. The van der Waals surface area contributed by atoms with E-state index < -0.39 is 0 Å². The monoisotopic (exact) mass is 322 g/mol. The summed E-state index contributed by atoms with van der Waals surface area (Å²) in [6.07, 6.45) is 8.84. The number of fused-ring (bicyclic) bond motifs is 1. The number of aromatic nitrogens is 3. The third kappa shape index (κ3) is 2.51. The van der Waals surface area contributed by atoms with Gasteiger partial charge in [0.2, 0.25) is 0 Å². The number of rotatable bonds is 2. The number of hydrogen-bond donors (Lipinski definition) is 1. The van der Waals surface area contributed by atoms with Gasteiger partial charge in [-0.25, -0.2) is 4.98 Å². The van der Waals surface area contributed by atoms with Crippen molar-refractivity contribution < 1.29 is 9.59 Å². The number of carbonyl (C=O) groups is 2. The number of pyridine rings is 2. The van der Waals surface area contributed by atoms with Gasteiger partial charge in [0.1, 0.15) is 5.65 Å². The molecule has 2 amide bonds. The highest BCUT2D eigenvalue weighted by Crippen LogP contribution is 2.26. The molecular weight excluding hydrogens is 312 g/mol. The van der Waals surface area contributed by atoms with E-state index in [1.807, 2.05) is 34.9 Å². The molecule has 1 aliphatic heterocycles. The number of imidazole rings is 1. The van der Waals surface area contributed by atoms with Gasteiger partial charge < -0.3 is 0 Å². The number of hydrogen-bond acceptors (Lipinski definition) is 5. The van der Waals surface area contributed by atoms with E-state index >= 15 is 0 Å². The van der Waals surface area contributed by atoms with Crippen molar-refractivity contribution in [2.24, 2.45) is 0 Å². The van der Waals surface area contributed by atoms with Crippen LogP contribution in [-0.4, -0.2) is 25.5 Å². The van der Waals surface area contributed by atoms with E-state index in [9.17, 15) is 9.59 Å². The lowest BCUT2D eigenvalue weighted by Gasteiger charge is -2.03. The molecule has 4 rings (SSSR count). The molecule has 0 bridgehead atoms. The Morgan fingerprint density at radius 1 is 1.13 bits per heavy atom. The summed E-state index contributed by atoms with van der Waals surface area (Å²) in [7, 11) is 0. The van der Waals surface area contributed by atoms with Gasteiger partial charge in [-0.05, 0) is 47.7 Å². The molecule has 0 unspecified atom stereocenters. The fraction of sp³-hybridized carbons (Fsp3) is 0. The second-order valence-electron chi connectivity index (χ2n) is 4.92. The van der Waals surface area contributed by atoms with Crippen LogP contribution in [0.1, 0.15) is 5.56 Å². The molecule has 0 saturated carbocycles. The average Bonchev–Trinajstić information content (AvgIpc) is 3.11. The molecule has 0 radical (unpaired) electrons. The number of thioether (sulfide) groups is 1. The lowest BCUT2D eigenvalue weighted by Crippen LogP contribution is -2.17. The van der Waals surface area contributed by atoms with Crippen molar-refractivity contribution in [2.45, 2.75) is 0 Å². The van der Waals surface area contributed by atoms with Crippen molar-refractivity contribution in [3.05, 3.63) is 59.5 Å². The normalized spacial score (nSPS) is 16.3. The minimum Gasteiger partial charge on any atom is -0.299 e. The van der Waals surface area contributed by atoms with Crippen molar-refractivity contribution in [3.63, 3.8) is 0 Å². The Labute approximate surface area is 135 Å². The maximum absolute atomic E-state index is 11.6. The first-order valence-corrected chi connectivity index (χ1v) is 7.65. The van der Waals surface area contributed by atoms with Gasteiger partial charge in [-0.1, -0.05) is 0 Å². The van der Waals surface area contributed by atoms with Crippen LogP contribution in [0, 0.1) is 0 Å². The third-order valence-corrected chi connectivity index (χ3v) is 4.25. The summed E-state index contributed by atoms with van der Waals surface area (Å²) in [5.74, 6) is -0.361. The zero-order chi connectivity index (χ0) is 15.8. The van der Waals surface area contributed by atoms with E-state index in [4.69, 9.17) is 0 Å². The van der Waals surface area contributed by atoms with Crippen LogP contribution < -0.4 is 5.32 Å². The largest absolute Gasteiger partial charge is 0.299 e. The predicted octanol–water partition coefficient (Wildman–Crippen LogP) is 2.72. The van der Waals surface area contributed by atoms with Crippen LogP contribution >= 0.6 is 11.8 Å². The Morgan fingerprint density at radius 3 is 2.70 bits per heavy atom. The lowest BCUT2D eigenvalue weighted by atomic mass is 10.2. The first kappa shape index (κ1) is 13.7. The van der Waals surface area contributed by atoms with Crippen LogP contribution in [0.15, 0.2) is 54.0 Å². The summed E-state index contributed by atoms with van der Waals surface area (Å²) in [4.78, 5) is 31.7. The number of carbonyl (C=O) groups excluding carboxylic acids is 2. The van der Waals surface area contributed by atoms with Crippen LogP contribution in [0.3, 0.4) is 0 Å². The minimum atomic E-state index is -0.361. The molecule has 0 aromatic carbocycles. The summed E-state index contributed by atoms with van der Waals surface area (Å²) in [5, 5.41) is 1.90. The van der Waals surface area contributed by atoms with Gasteiger partial charge in [0.05, 0.1) is 16.8 Å². The van der Waals surface area contributed by atoms with Crippen molar-refractivity contribution in [1.82, 2.24) is 19.7 Å². The number of nitrogens with one attached hydrogen (secondary N) is 1. The van der Waals surface area contributed by atoms with Crippen molar-refractivity contribution in [1.29, 1.82) is 0 Å². The molecule has 23 heavy (non-hydrogen) atoms. The summed E-state index contributed by atoms with van der Waals surface area (Å²) < 4.78 is 1.95. The van der Waals surface area contributed by atoms with Gasteiger partial charge in [0.25, 0.3) is 11.1 Å². The molecule has 3 aromatic rings. The summed E-state index contributed by atoms with van der Waals surface area (Å²) in [6, 6.07) is 7.56. The van der Waals surface area contributed by atoms with Crippen LogP contribution in [0.2, 0.25) is 0 Å². The van der Waals surface area contributed by atoms with Gasteiger partial charge in [-0.15, -0.1) is 0 Å². The highest BCUT2D eigenvalue weighted by Gasteiger charge is 2.24. The molecule has 1 fully saturated rings. The van der Waals surface area contributed by atoms with Gasteiger partial charge in [-0.3, -0.25) is 24.3 Å². The fourth-order valence-corrected chi connectivity index (χ4v) is 3.07. The minimum absolute atomic E-state index is 0.345. The molecular formula is C16H10N4O2S. The molecule has 1 saturated heterocycles. The molecule has 6 nitrogen and oxygen atoms in total. The van der Waals surface area contributed by atoms with E-state index in [2.05, 4.69) is 15.3 Å². The molecule has 0 atom stereocenters. The maximum atomic E-state index is 11.6. The van der Waals surface area contributed by atoms with Gasteiger partial charge >= 0.3 is 0 Å². The smallest absolute Gasteiger partial charge is 0.290 e. The van der Waals surface area contributed by atoms with Gasteiger partial charge in [0.15, 0.2) is 0 Å². The third-order valence-electron chi connectivity index (χ3n) is 3.44. The Balaban J connectivity index is 1.80. The second-order valence-corrected chi connectivity index (χ2v) is 5.94. The van der Waals surface area contributed by atoms with Crippen LogP contribution in [0.4, 0.5) is 4.79 Å². The van der Waals surface area contributed by atoms with E-state index in [0.717, 1.165) is 34.2 Å². The Morgan fingerprint density at radius 2 is 1.96 bits per heavy atom. The standard InChI is InChI=1S/C16H10N4O2S/c21-15-13(23-16(22)19-15)7-10-1-2-14-18-8-12(20(14)9-10)11-3-5-17-6-4-11/h1-9H,(H,19,21,22)/b13-7-. The molecule has 7 heteroatoms. The molecule has 3 aromatic heterocycles. The van der Waals surface area contributed by atoms with Crippen molar-refractivity contribution in [2.75, 3.05) is 0 Å². The highest BCUT2D eigenvalue weighted by atomic mass is 32.2. The lowest BCUT2D eigenvalue weighted by molar-refractivity contribution is -0.115. The average molecular weight is 322 g/mol. The number of amides is 2. The molecule has 1 N–H and O–H groups in total. The SMILES string of the molecule is O=C1NC(=O)/C(=C/c2ccc3ncc(-c4ccncc4)n3c2)S1. The van der Waals surface area contributed by atoms with E-state index in [1.165, 1.54) is 0 Å². The van der Waals surface area contributed by atoms with E-state index in [1.54, 1.807) is 24.7 Å². The number of nitrogens with zero attached hydrogens (tertiary/aromatic N) is 3. The Bertz CT molecular complexity index is 963. The van der Waals surface area contributed by atoms with E-state index in [0.29, 0.717) is 4.91 Å². The molecule has 0 spiro atoms. The van der Waals surface area contributed by atoms with Crippen LogP contribution in [-0.2, 0) is 4.79 Å². The highest BCUT2D eigenvalue weighted by molar-refractivity contribution is 8.18. The molecule has 1 aliphatic rings. The summed E-state index contributed by atoms with van der Waals surface area (Å²) in [6.45, 7) is 0.